The highest BCUT2D eigenvalue weighted by atomic mass is 16.6. The molecule has 382 valence electrons. The van der Waals surface area contributed by atoms with Gasteiger partial charge in [0.1, 0.15) is 6.61 Å². The van der Waals surface area contributed by atoms with E-state index in [0.29, 0.717) is 12.8 Å². The van der Waals surface area contributed by atoms with Gasteiger partial charge < -0.3 is 14.6 Å². The van der Waals surface area contributed by atoms with Gasteiger partial charge in [0.15, 0.2) is 6.10 Å². The zero-order chi connectivity index (χ0) is 47.7. The van der Waals surface area contributed by atoms with Crippen LogP contribution in [0.3, 0.4) is 0 Å². The van der Waals surface area contributed by atoms with Crippen LogP contribution in [0.4, 0.5) is 0 Å². The van der Waals surface area contributed by atoms with Gasteiger partial charge >= 0.3 is 11.9 Å². The van der Waals surface area contributed by atoms with Crippen molar-refractivity contribution in [3.63, 3.8) is 0 Å². The van der Waals surface area contributed by atoms with Crippen molar-refractivity contribution in [2.24, 2.45) is 0 Å². The van der Waals surface area contributed by atoms with Crippen LogP contribution < -0.4 is 0 Å². The van der Waals surface area contributed by atoms with Gasteiger partial charge in [0.05, 0.1) is 6.61 Å². The van der Waals surface area contributed by atoms with Gasteiger partial charge in [-0.1, -0.05) is 260 Å². The van der Waals surface area contributed by atoms with Crippen LogP contribution in [0.15, 0.2) is 72.9 Å². The Morgan fingerprint density at radius 1 is 0.364 bits per heavy atom. The molecule has 5 heteroatoms. The van der Waals surface area contributed by atoms with Gasteiger partial charge in [-0.2, -0.15) is 0 Å². The fourth-order valence-corrected chi connectivity index (χ4v) is 8.23. The summed E-state index contributed by atoms with van der Waals surface area (Å²) in [7, 11) is 0. The maximum atomic E-state index is 12.3. The van der Waals surface area contributed by atoms with Crippen molar-refractivity contribution in [1.29, 1.82) is 0 Å². The van der Waals surface area contributed by atoms with Gasteiger partial charge in [-0.3, -0.25) is 9.59 Å². The molecule has 0 aromatic heterocycles. The van der Waals surface area contributed by atoms with Crippen molar-refractivity contribution in [1.82, 2.24) is 0 Å². The first kappa shape index (κ1) is 63.3. The monoisotopic (exact) mass is 921 g/mol. The minimum Gasteiger partial charge on any atom is -0.462 e. The van der Waals surface area contributed by atoms with Crippen LogP contribution >= 0.6 is 0 Å². The third-order valence-corrected chi connectivity index (χ3v) is 12.5. The second kappa shape index (κ2) is 56.7. The summed E-state index contributed by atoms with van der Waals surface area (Å²) in [4.78, 5) is 24.5. The SMILES string of the molecule is CC/C=C\C/C=C\C/C=C\C/C=C\CCCCCCCCCCCCCCCCCCCCC(=O)OC(CO)COC(=O)CCCCCCCCCCC/C=C\C/C=C\CCCCCCC. The number of esters is 2. The third-order valence-electron chi connectivity index (χ3n) is 12.5. The van der Waals surface area contributed by atoms with E-state index in [1.165, 1.54) is 186 Å². The van der Waals surface area contributed by atoms with Crippen LogP contribution in [0.25, 0.3) is 0 Å². The predicted molar refractivity (Wildman–Crippen MR) is 288 cm³/mol. The van der Waals surface area contributed by atoms with Crippen LogP contribution in [0.5, 0.6) is 0 Å². The number of carbonyl (C=O) groups is 2. The molecule has 0 aromatic carbocycles. The Kier molecular flexibility index (Phi) is 54.4. The van der Waals surface area contributed by atoms with Crippen LogP contribution in [0.2, 0.25) is 0 Å². The van der Waals surface area contributed by atoms with E-state index in [1.807, 2.05) is 0 Å². The van der Waals surface area contributed by atoms with Gasteiger partial charge in [0, 0.05) is 12.8 Å². The van der Waals surface area contributed by atoms with Crippen molar-refractivity contribution in [2.75, 3.05) is 13.2 Å². The van der Waals surface area contributed by atoms with Crippen LogP contribution in [0, 0.1) is 0 Å². The molecular weight excluding hydrogens is 813 g/mol. The topological polar surface area (TPSA) is 72.8 Å². The summed E-state index contributed by atoms with van der Waals surface area (Å²) in [6, 6.07) is 0. The molecule has 0 saturated carbocycles. The summed E-state index contributed by atoms with van der Waals surface area (Å²) in [6.07, 6.45) is 77.3. The quantitative estimate of drug-likeness (QED) is 0.0374. The van der Waals surface area contributed by atoms with E-state index in [4.69, 9.17) is 9.47 Å². The Hall–Kier alpha value is -2.66. The van der Waals surface area contributed by atoms with Crippen molar-refractivity contribution in [2.45, 2.75) is 290 Å². The summed E-state index contributed by atoms with van der Waals surface area (Å²) < 4.78 is 10.7. The number of rotatable bonds is 52. The number of aliphatic hydroxyl groups excluding tert-OH is 1. The van der Waals surface area contributed by atoms with Crippen molar-refractivity contribution in [3.8, 4) is 0 Å². The van der Waals surface area contributed by atoms with Gasteiger partial charge in [0.2, 0.25) is 0 Å². The molecule has 0 bridgehead atoms. The zero-order valence-corrected chi connectivity index (χ0v) is 43.7. The second-order valence-electron chi connectivity index (χ2n) is 19.0. The van der Waals surface area contributed by atoms with Gasteiger partial charge in [-0.15, -0.1) is 0 Å². The molecule has 0 heterocycles. The lowest BCUT2D eigenvalue weighted by Crippen LogP contribution is -2.28. The van der Waals surface area contributed by atoms with Crippen LogP contribution in [-0.2, 0) is 19.1 Å². The standard InChI is InChI=1S/C61H108O5/c1-3-5-7-9-11-13-15-17-19-21-23-25-26-27-28-29-30-31-32-33-34-36-38-40-42-44-46-48-50-52-54-56-61(64)66-59(57-62)58-65-60(63)55-53-51-49-47-45-43-41-39-37-35-24-22-20-18-16-14-12-10-8-6-4-2/h5,7,11,13,16-19,22-25,59,62H,3-4,6,8-10,12,14-15,20-21,26-58H2,1-2H3/b7-5-,13-11-,18-16-,19-17-,24-22-,25-23-. The predicted octanol–water partition coefficient (Wildman–Crippen LogP) is 19.2. The molecular formula is C61H108O5. The minimum atomic E-state index is -0.776. The van der Waals surface area contributed by atoms with Gasteiger partial charge in [0.25, 0.3) is 0 Å². The Morgan fingerprint density at radius 2 is 0.652 bits per heavy atom. The molecule has 0 aromatic rings. The van der Waals surface area contributed by atoms with E-state index >= 15 is 0 Å². The smallest absolute Gasteiger partial charge is 0.306 e. The molecule has 66 heavy (non-hydrogen) atoms. The number of hydrogen-bond donors (Lipinski definition) is 1. The van der Waals surface area contributed by atoms with E-state index in [-0.39, 0.29) is 25.2 Å². The summed E-state index contributed by atoms with van der Waals surface area (Å²) in [5.74, 6) is -0.586. The number of carbonyl (C=O) groups excluding carboxylic acids is 2. The Balaban J connectivity index is 3.46. The van der Waals surface area contributed by atoms with Crippen molar-refractivity contribution < 1.29 is 24.2 Å². The van der Waals surface area contributed by atoms with E-state index in [2.05, 4.69) is 86.8 Å². The summed E-state index contributed by atoms with van der Waals surface area (Å²) in [5.41, 5.74) is 0. The maximum absolute atomic E-state index is 12.3. The highest BCUT2D eigenvalue weighted by Gasteiger charge is 2.16. The maximum Gasteiger partial charge on any atom is 0.306 e. The fraction of sp³-hybridized carbons (Fsp3) is 0.770. The fourth-order valence-electron chi connectivity index (χ4n) is 8.23. The van der Waals surface area contributed by atoms with Gasteiger partial charge in [-0.05, 0) is 83.5 Å². The number of ether oxygens (including phenoxy) is 2. The molecule has 1 N–H and O–H groups in total. The van der Waals surface area contributed by atoms with Crippen LogP contribution in [0.1, 0.15) is 284 Å². The molecule has 1 unspecified atom stereocenters. The minimum absolute atomic E-state index is 0.0673. The first-order valence-corrected chi connectivity index (χ1v) is 28.5. The summed E-state index contributed by atoms with van der Waals surface area (Å²) >= 11 is 0. The van der Waals surface area contributed by atoms with E-state index in [0.717, 1.165) is 70.6 Å². The molecule has 0 fully saturated rings. The molecule has 0 radical (unpaired) electrons. The lowest BCUT2D eigenvalue weighted by molar-refractivity contribution is -0.161. The largest absolute Gasteiger partial charge is 0.462 e. The first-order valence-electron chi connectivity index (χ1n) is 28.5. The molecule has 0 saturated heterocycles. The molecule has 1 atom stereocenters. The summed E-state index contributed by atoms with van der Waals surface area (Å²) in [5, 5.41) is 9.65. The molecule has 5 nitrogen and oxygen atoms in total. The molecule has 0 aliphatic rings. The zero-order valence-electron chi connectivity index (χ0n) is 43.7. The number of unbranched alkanes of at least 4 members (excludes halogenated alkanes) is 32. The Morgan fingerprint density at radius 3 is 0.985 bits per heavy atom. The average Bonchev–Trinajstić information content (AvgIpc) is 3.32. The molecule has 0 rings (SSSR count). The van der Waals surface area contributed by atoms with Gasteiger partial charge in [-0.25, -0.2) is 0 Å². The van der Waals surface area contributed by atoms with E-state index in [1.54, 1.807) is 0 Å². The lowest BCUT2D eigenvalue weighted by atomic mass is 10.0. The van der Waals surface area contributed by atoms with E-state index < -0.39 is 6.10 Å². The Bertz CT molecular complexity index is 1180. The highest BCUT2D eigenvalue weighted by Crippen LogP contribution is 2.16. The average molecular weight is 922 g/mol. The molecule has 0 amide bonds. The molecule has 0 aliphatic heterocycles. The normalized spacial score (nSPS) is 12.7. The highest BCUT2D eigenvalue weighted by molar-refractivity contribution is 5.70. The number of allylic oxidation sites excluding steroid dienone is 12. The van der Waals surface area contributed by atoms with Crippen molar-refractivity contribution >= 4 is 11.9 Å². The number of aliphatic hydroxyl groups is 1. The third kappa shape index (κ3) is 54.0. The molecule has 0 spiro atoms. The van der Waals surface area contributed by atoms with Crippen molar-refractivity contribution in [3.05, 3.63) is 72.9 Å². The lowest BCUT2D eigenvalue weighted by Gasteiger charge is -2.15. The Labute approximate surface area is 410 Å². The summed E-state index contributed by atoms with van der Waals surface area (Å²) in [6.45, 7) is 4.04. The van der Waals surface area contributed by atoms with E-state index in [9.17, 15) is 14.7 Å². The molecule has 0 aliphatic carbocycles. The second-order valence-corrected chi connectivity index (χ2v) is 19.0. The van der Waals surface area contributed by atoms with Crippen LogP contribution in [-0.4, -0.2) is 36.4 Å². The first-order chi connectivity index (χ1) is 32.6. The number of hydrogen-bond acceptors (Lipinski definition) is 5.